The van der Waals surface area contributed by atoms with Crippen LogP contribution in [-0.2, 0) is 6.54 Å². The fraction of sp³-hybridized carbons (Fsp3) is 0.533. The van der Waals surface area contributed by atoms with Gasteiger partial charge in [0, 0.05) is 30.8 Å². The predicted molar refractivity (Wildman–Crippen MR) is 73.5 cm³/mol. The first-order valence-electron chi connectivity index (χ1n) is 6.98. The van der Waals surface area contributed by atoms with Crippen molar-refractivity contribution in [1.29, 1.82) is 5.41 Å². The number of benzene rings is 1. The number of nitrogens with one attached hydrogen (secondary N) is 1. The summed E-state index contributed by atoms with van der Waals surface area (Å²) < 4.78 is 14.0. The fourth-order valence-corrected chi connectivity index (χ4v) is 3.55. The molecule has 0 amide bonds. The molecule has 1 aromatic carbocycles. The molecule has 3 nitrogen and oxygen atoms in total. The van der Waals surface area contributed by atoms with E-state index in [2.05, 4.69) is 4.90 Å². The molecule has 2 atom stereocenters. The lowest BCUT2D eigenvalue weighted by atomic mass is 10.0. The zero-order valence-electron chi connectivity index (χ0n) is 11.0. The van der Waals surface area contributed by atoms with Gasteiger partial charge in [-0.15, -0.1) is 0 Å². The summed E-state index contributed by atoms with van der Waals surface area (Å²) in [4.78, 5) is 2.36. The molecule has 3 rings (SSSR count). The highest BCUT2D eigenvalue weighted by Crippen LogP contribution is 2.38. The van der Waals surface area contributed by atoms with E-state index in [0.29, 0.717) is 17.7 Å². The Morgan fingerprint density at radius 2 is 2.00 bits per heavy atom. The van der Waals surface area contributed by atoms with E-state index >= 15 is 0 Å². The van der Waals surface area contributed by atoms with Crippen LogP contribution in [0.3, 0.4) is 0 Å². The van der Waals surface area contributed by atoms with Crippen LogP contribution < -0.4 is 5.73 Å². The van der Waals surface area contributed by atoms with E-state index in [4.69, 9.17) is 11.1 Å². The van der Waals surface area contributed by atoms with Crippen LogP contribution in [0.25, 0.3) is 0 Å². The van der Waals surface area contributed by atoms with Crippen molar-refractivity contribution in [1.82, 2.24) is 4.90 Å². The van der Waals surface area contributed by atoms with Gasteiger partial charge in [0.1, 0.15) is 11.7 Å². The van der Waals surface area contributed by atoms with Crippen LogP contribution in [0.4, 0.5) is 4.39 Å². The van der Waals surface area contributed by atoms with Crippen molar-refractivity contribution in [3.05, 3.63) is 35.1 Å². The topological polar surface area (TPSA) is 53.1 Å². The summed E-state index contributed by atoms with van der Waals surface area (Å²) in [6.07, 6.45) is 4.05. The second-order valence-electron chi connectivity index (χ2n) is 5.87. The molecule has 0 radical (unpaired) electrons. The summed E-state index contributed by atoms with van der Waals surface area (Å²) >= 11 is 0. The summed E-state index contributed by atoms with van der Waals surface area (Å²) in [6.45, 7) is 2.90. The molecule has 1 aromatic rings. The fourth-order valence-electron chi connectivity index (χ4n) is 3.55. The van der Waals surface area contributed by atoms with Crippen LogP contribution in [0.1, 0.15) is 30.4 Å². The van der Waals surface area contributed by atoms with Gasteiger partial charge in [-0.2, -0.15) is 0 Å². The third kappa shape index (κ3) is 2.50. The first kappa shape index (κ1) is 12.6. The summed E-state index contributed by atoms with van der Waals surface area (Å²) in [7, 11) is 0. The van der Waals surface area contributed by atoms with Gasteiger partial charge in [-0.25, -0.2) is 4.39 Å². The Bertz CT molecular complexity index is 488. The van der Waals surface area contributed by atoms with Crippen molar-refractivity contribution < 1.29 is 4.39 Å². The van der Waals surface area contributed by atoms with Crippen LogP contribution >= 0.6 is 0 Å². The van der Waals surface area contributed by atoms with E-state index in [9.17, 15) is 4.39 Å². The minimum Gasteiger partial charge on any atom is -0.384 e. The second-order valence-corrected chi connectivity index (χ2v) is 5.87. The number of nitrogens with two attached hydrogens (primary N) is 1. The van der Waals surface area contributed by atoms with Gasteiger partial charge in [-0.05, 0) is 30.7 Å². The lowest BCUT2D eigenvalue weighted by Gasteiger charge is -2.17. The highest BCUT2D eigenvalue weighted by molar-refractivity contribution is 5.94. The number of halogens is 1. The standard InChI is InChI=1S/C15H20FN3/c16-14-6-10(15(17)18)4-5-13(14)9-19-7-11-2-1-3-12(11)8-19/h4-6,11-12H,1-3,7-9H2,(H3,17,18). The number of nitrogen functional groups attached to an aromatic ring is 1. The van der Waals surface area contributed by atoms with Crippen LogP contribution in [0.15, 0.2) is 18.2 Å². The lowest BCUT2D eigenvalue weighted by Crippen LogP contribution is -2.22. The monoisotopic (exact) mass is 261 g/mol. The van der Waals surface area contributed by atoms with Gasteiger partial charge >= 0.3 is 0 Å². The van der Waals surface area contributed by atoms with Crippen molar-refractivity contribution in [3.63, 3.8) is 0 Å². The largest absolute Gasteiger partial charge is 0.384 e. The van der Waals surface area contributed by atoms with Crippen LogP contribution in [-0.4, -0.2) is 23.8 Å². The first-order valence-corrected chi connectivity index (χ1v) is 6.98. The molecule has 0 aromatic heterocycles. The number of hydrogen-bond acceptors (Lipinski definition) is 2. The van der Waals surface area contributed by atoms with Crippen molar-refractivity contribution in [2.45, 2.75) is 25.8 Å². The van der Waals surface area contributed by atoms with Gasteiger partial charge in [0.25, 0.3) is 0 Å². The molecule has 2 unspecified atom stereocenters. The van der Waals surface area contributed by atoms with E-state index in [1.165, 1.54) is 25.3 Å². The van der Waals surface area contributed by atoms with Gasteiger partial charge < -0.3 is 5.73 Å². The summed E-state index contributed by atoms with van der Waals surface area (Å²) in [5.41, 5.74) is 6.54. The maximum Gasteiger partial charge on any atom is 0.128 e. The smallest absolute Gasteiger partial charge is 0.128 e. The molecule has 2 fully saturated rings. The van der Waals surface area contributed by atoms with Gasteiger partial charge in [-0.1, -0.05) is 18.6 Å². The van der Waals surface area contributed by atoms with E-state index in [0.717, 1.165) is 24.9 Å². The zero-order valence-corrected chi connectivity index (χ0v) is 11.0. The Hall–Kier alpha value is -1.42. The normalized spacial score (nSPS) is 26.6. The van der Waals surface area contributed by atoms with Crippen LogP contribution in [0, 0.1) is 23.1 Å². The molecule has 0 bridgehead atoms. The summed E-state index contributed by atoms with van der Waals surface area (Å²) in [5.74, 6) is 1.34. The number of hydrogen-bond donors (Lipinski definition) is 2. The second kappa shape index (κ2) is 4.93. The molecule has 1 aliphatic carbocycles. The minimum absolute atomic E-state index is 0.0823. The quantitative estimate of drug-likeness (QED) is 0.648. The van der Waals surface area contributed by atoms with Crippen molar-refractivity contribution in [3.8, 4) is 0 Å². The van der Waals surface area contributed by atoms with Crippen molar-refractivity contribution in [2.75, 3.05) is 13.1 Å². The molecule has 19 heavy (non-hydrogen) atoms. The zero-order chi connectivity index (χ0) is 13.4. The molecular weight excluding hydrogens is 241 g/mol. The SMILES string of the molecule is N=C(N)c1ccc(CN2CC3CCCC3C2)c(F)c1. The molecule has 1 saturated carbocycles. The Kier molecular flexibility index (Phi) is 3.27. The Morgan fingerprint density at radius 3 is 2.58 bits per heavy atom. The molecule has 102 valence electrons. The van der Waals surface area contributed by atoms with Gasteiger partial charge in [0.05, 0.1) is 0 Å². The molecule has 4 heteroatoms. The Balaban J connectivity index is 1.69. The number of fused-ring (bicyclic) bond motifs is 1. The third-order valence-corrected chi connectivity index (χ3v) is 4.56. The van der Waals surface area contributed by atoms with Gasteiger partial charge in [0.15, 0.2) is 0 Å². The maximum atomic E-state index is 14.0. The molecule has 1 heterocycles. The molecule has 3 N–H and O–H groups in total. The van der Waals surface area contributed by atoms with Crippen molar-refractivity contribution in [2.24, 2.45) is 17.6 Å². The van der Waals surface area contributed by atoms with E-state index in [1.54, 1.807) is 12.1 Å². The van der Waals surface area contributed by atoms with Gasteiger partial charge in [-0.3, -0.25) is 10.3 Å². The number of amidine groups is 1. The molecule has 1 saturated heterocycles. The maximum absolute atomic E-state index is 14.0. The van der Waals surface area contributed by atoms with E-state index < -0.39 is 0 Å². The highest BCUT2D eigenvalue weighted by Gasteiger charge is 2.35. The number of likely N-dealkylation sites (tertiary alicyclic amines) is 1. The Morgan fingerprint density at radius 1 is 1.32 bits per heavy atom. The first-order chi connectivity index (χ1) is 9.13. The molecule has 2 aliphatic rings. The highest BCUT2D eigenvalue weighted by atomic mass is 19.1. The van der Waals surface area contributed by atoms with Crippen LogP contribution in [0.2, 0.25) is 0 Å². The molecule has 1 aliphatic heterocycles. The molecule has 0 spiro atoms. The molecular formula is C15H20FN3. The van der Waals surface area contributed by atoms with Crippen molar-refractivity contribution >= 4 is 5.84 Å². The van der Waals surface area contributed by atoms with E-state index in [1.807, 2.05) is 0 Å². The average molecular weight is 261 g/mol. The summed E-state index contributed by atoms with van der Waals surface area (Å²) in [6, 6.07) is 4.87. The van der Waals surface area contributed by atoms with Gasteiger partial charge in [0.2, 0.25) is 0 Å². The minimum atomic E-state index is -0.246. The Labute approximate surface area is 113 Å². The van der Waals surface area contributed by atoms with E-state index in [-0.39, 0.29) is 11.7 Å². The third-order valence-electron chi connectivity index (χ3n) is 4.56. The summed E-state index contributed by atoms with van der Waals surface area (Å²) in [5, 5.41) is 7.31. The lowest BCUT2D eigenvalue weighted by molar-refractivity contribution is 0.299. The van der Waals surface area contributed by atoms with Crippen LogP contribution in [0.5, 0.6) is 0 Å². The number of nitrogens with zero attached hydrogens (tertiary/aromatic N) is 1. The predicted octanol–water partition coefficient (Wildman–Crippen LogP) is 2.34. The number of rotatable bonds is 3. The average Bonchev–Trinajstić information content (AvgIpc) is 2.92.